The van der Waals surface area contributed by atoms with E-state index in [-0.39, 0.29) is 17.7 Å². The highest BCUT2D eigenvalue weighted by molar-refractivity contribution is 6.04. The number of aryl methyl sites for hydroxylation is 2. The van der Waals surface area contributed by atoms with Crippen molar-refractivity contribution >= 4 is 11.6 Å². The van der Waals surface area contributed by atoms with Crippen LogP contribution in [0.5, 0.6) is 17.6 Å². The number of anilines is 1. The van der Waals surface area contributed by atoms with Crippen molar-refractivity contribution in [3.05, 3.63) is 65.4 Å². The van der Waals surface area contributed by atoms with Crippen LogP contribution in [-0.4, -0.2) is 28.0 Å². The molecular formula is C19H17FN4O3. The number of hydrogen-bond donors (Lipinski definition) is 1. The van der Waals surface area contributed by atoms with Crippen LogP contribution in [0.3, 0.4) is 0 Å². The molecule has 0 radical (unpaired) electrons. The Morgan fingerprint density at radius 3 is 2.37 bits per heavy atom. The van der Waals surface area contributed by atoms with Crippen LogP contribution in [0.25, 0.3) is 0 Å². The van der Waals surface area contributed by atoms with Gasteiger partial charge in [0.25, 0.3) is 5.91 Å². The molecule has 0 aliphatic heterocycles. The molecule has 0 aliphatic rings. The number of halogens is 1. The molecule has 1 amide bonds. The normalized spacial score (nSPS) is 10.4. The first-order chi connectivity index (χ1) is 13.0. The monoisotopic (exact) mass is 368 g/mol. The van der Waals surface area contributed by atoms with Crippen molar-refractivity contribution in [2.45, 2.75) is 13.8 Å². The number of benzene rings is 1. The lowest BCUT2D eigenvalue weighted by atomic mass is 10.2. The van der Waals surface area contributed by atoms with Gasteiger partial charge in [-0.05, 0) is 32.0 Å². The number of methoxy groups -OCH3 is 1. The predicted molar refractivity (Wildman–Crippen MR) is 96.7 cm³/mol. The molecule has 0 spiro atoms. The van der Waals surface area contributed by atoms with Crippen LogP contribution in [0, 0.1) is 19.7 Å². The van der Waals surface area contributed by atoms with Gasteiger partial charge < -0.3 is 14.8 Å². The van der Waals surface area contributed by atoms with E-state index >= 15 is 0 Å². The Morgan fingerprint density at radius 1 is 1.07 bits per heavy atom. The minimum Gasteiger partial charge on any atom is -0.481 e. The van der Waals surface area contributed by atoms with Gasteiger partial charge in [0, 0.05) is 12.3 Å². The molecule has 2 aromatic heterocycles. The van der Waals surface area contributed by atoms with E-state index in [2.05, 4.69) is 20.3 Å². The number of nitrogens with zero attached hydrogens (tertiary/aromatic N) is 3. The third-order valence-electron chi connectivity index (χ3n) is 3.73. The first kappa shape index (κ1) is 18.2. The average Bonchev–Trinajstić information content (AvgIpc) is 2.66. The maximum absolute atomic E-state index is 13.7. The third kappa shape index (κ3) is 4.17. The molecule has 3 aromatic rings. The number of ether oxygens (including phenoxy) is 2. The van der Waals surface area contributed by atoms with Crippen LogP contribution < -0.4 is 14.8 Å². The first-order valence-corrected chi connectivity index (χ1v) is 8.07. The third-order valence-corrected chi connectivity index (χ3v) is 3.73. The zero-order valence-corrected chi connectivity index (χ0v) is 15.0. The van der Waals surface area contributed by atoms with E-state index < -0.39 is 5.82 Å². The molecule has 1 N–H and O–H groups in total. The summed E-state index contributed by atoms with van der Waals surface area (Å²) in [6.45, 7) is 3.40. The van der Waals surface area contributed by atoms with Gasteiger partial charge in [-0.3, -0.25) is 4.79 Å². The molecule has 0 unspecified atom stereocenters. The fourth-order valence-corrected chi connectivity index (χ4v) is 2.36. The summed E-state index contributed by atoms with van der Waals surface area (Å²) in [5, 5.41) is 2.76. The zero-order valence-electron chi connectivity index (χ0n) is 15.0. The van der Waals surface area contributed by atoms with Gasteiger partial charge in [0.05, 0.1) is 29.7 Å². The van der Waals surface area contributed by atoms with Gasteiger partial charge in [0.1, 0.15) is 0 Å². The average molecular weight is 368 g/mol. The number of aromatic nitrogens is 3. The second kappa shape index (κ2) is 7.77. The maximum atomic E-state index is 13.7. The summed E-state index contributed by atoms with van der Waals surface area (Å²) < 4.78 is 24.1. The number of para-hydroxylation sites is 1. The Morgan fingerprint density at radius 2 is 1.78 bits per heavy atom. The van der Waals surface area contributed by atoms with Crippen molar-refractivity contribution in [1.82, 2.24) is 15.0 Å². The van der Waals surface area contributed by atoms with E-state index in [1.54, 1.807) is 38.1 Å². The number of nitrogens with one attached hydrogen (secondary N) is 1. The molecule has 138 valence electrons. The van der Waals surface area contributed by atoms with Crippen molar-refractivity contribution in [1.29, 1.82) is 0 Å². The second-order valence-corrected chi connectivity index (χ2v) is 5.63. The van der Waals surface area contributed by atoms with Crippen LogP contribution in [0.2, 0.25) is 0 Å². The van der Waals surface area contributed by atoms with Crippen LogP contribution in [-0.2, 0) is 0 Å². The second-order valence-electron chi connectivity index (χ2n) is 5.63. The van der Waals surface area contributed by atoms with E-state index in [9.17, 15) is 9.18 Å². The number of rotatable bonds is 5. The van der Waals surface area contributed by atoms with E-state index in [0.29, 0.717) is 28.5 Å². The summed E-state index contributed by atoms with van der Waals surface area (Å²) in [6, 6.07) is 9.17. The quantitative estimate of drug-likeness (QED) is 0.739. The highest BCUT2D eigenvalue weighted by Gasteiger charge is 2.15. The maximum Gasteiger partial charge on any atom is 0.322 e. The van der Waals surface area contributed by atoms with Crippen molar-refractivity contribution in [2.24, 2.45) is 0 Å². The molecule has 0 atom stereocenters. The Kier molecular flexibility index (Phi) is 5.25. The minimum atomic E-state index is -0.513. The van der Waals surface area contributed by atoms with Crippen molar-refractivity contribution in [3.63, 3.8) is 0 Å². The lowest BCUT2D eigenvalue weighted by molar-refractivity contribution is 0.102. The number of hydrogen-bond acceptors (Lipinski definition) is 6. The Labute approximate surface area is 155 Å². The largest absolute Gasteiger partial charge is 0.481 e. The van der Waals surface area contributed by atoms with Gasteiger partial charge >= 0.3 is 6.01 Å². The lowest BCUT2D eigenvalue weighted by Gasteiger charge is -2.12. The van der Waals surface area contributed by atoms with Crippen LogP contribution in [0.1, 0.15) is 21.7 Å². The minimum absolute atomic E-state index is 0.000729. The molecule has 0 bridgehead atoms. The van der Waals surface area contributed by atoms with Crippen molar-refractivity contribution in [3.8, 4) is 17.6 Å². The fraction of sp³-hybridized carbons (Fsp3) is 0.158. The van der Waals surface area contributed by atoms with Crippen LogP contribution in [0.15, 0.2) is 42.6 Å². The van der Waals surface area contributed by atoms with Gasteiger partial charge in [-0.15, -0.1) is 0 Å². The Bertz CT molecular complexity index is 954. The van der Waals surface area contributed by atoms with E-state index in [4.69, 9.17) is 9.47 Å². The van der Waals surface area contributed by atoms with E-state index in [0.717, 1.165) is 0 Å². The number of carbonyl (C=O) groups is 1. The summed E-state index contributed by atoms with van der Waals surface area (Å²) in [6.07, 6.45) is 1.41. The van der Waals surface area contributed by atoms with Gasteiger partial charge in [0.15, 0.2) is 11.6 Å². The van der Waals surface area contributed by atoms with Gasteiger partial charge in [0.2, 0.25) is 5.88 Å². The SMILES string of the molecule is COc1ccc(C(=O)Nc2c(C)nc(Oc3ccccc3F)nc2C)cn1. The lowest BCUT2D eigenvalue weighted by Crippen LogP contribution is -2.15. The summed E-state index contributed by atoms with van der Waals surface area (Å²) in [5.74, 6) is -0.433. The van der Waals surface area contributed by atoms with Gasteiger partial charge in [-0.2, -0.15) is 9.97 Å². The molecular weight excluding hydrogens is 351 g/mol. The molecule has 27 heavy (non-hydrogen) atoms. The summed E-state index contributed by atoms with van der Waals surface area (Å²) in [4.78, 5) is 24.8. The van der Waals surface area contributed by atoms with Gasteiger partial charge in [-0.1, -0.05) is 12.1 Å². The van der Waals surface area contributed by atoms with Crippen molar-refractivity contribution in [2.75, 3.05) is 12.4 Å². The van der Waals surface area contributed by atoms with Gasteiger partial charge in [-0.25, -0.2) is 9.37 Å². The number of amides is 1. The molecule has 0 saturated carbocycles. The highest BCUT2D eigenvalue weighted by Crippen LogP contribution is 2.25. The fourth-order valence-electron chi connectivity index (χ4n) is 2.36. The molecule has 2 heterocycles. The summed E-state index contributed by atoms with van der Waals surface area (Å²) in [5.41, 5.74) is 1.80. The summed E-state index contributed by atoms with van der Waals surface area (Å²) in [7, 11) is 1.50. The number of pyridine rings is 1. The Hall–Kier alpha value is -3.55. The standard InChI is InChI=1S/C19H17FN4O3/c1-11-17(24-18(25)13-8-9-16(26-3)21-10-13)12(2)23-19(22-11)27-15-7-5-4-6-14(15)20/h4-10H,1-3H3,(H,24,25). The molecule has 7 nitrogen and oxygen atoms in total. The van der Waals surface area contributed by atoms with E-state index in [1.165, 1.54) is 25.4 Å². The smallest absolute Gasteiger partial charge is 0.322 e. The molecule has 1 aromatic carbocycles. The molecule has 0 aliphatic carbocycles. The molecule has 8 heteroatoms. The molecule has 0 saturated heterocycles. The highest BCUT2D eigenvalue weighted by atomic mass is 19.1. The van der Waals surface area contributed by atoms with Crippen LogP contribution in [0.4, 0.5) is 10.1 Å². The Balaban J connectivity index is 1.80. The topological polar surface area (TPSA) is 86.2 Å². The van der Waals surface area contributed by atoms with E-state index in [1.807, 2.05) is 0 Å². The number of carbonyl (C=O) groups excluding carboxylic acids is 1. The van der Waals surface area contributed by atoms with Crippen molar-refractivity contribution < 1.29 is 18.7 Å². The molecule has 3 rings (SSSR count). The molecule has 0 fully saturated rings. The predicted octanol–water partition coefficient (Wildman–Crippen LogP) is 3.68. The zero-order chi connectivity index (χ0) is 19.4. The van der Waals surface area contributed by atoms with Crippen LogP contribution >= 0.6 is 0 Å². The summed E-state index contributed by atoms with van der Waals surface area (Å²) >= 11 is 0. The first-order valence-electron chi connectivity index (χ1n) is 8.07.